The summed E-state index contributed by atoms with van der Waals surface area (Å²) in [4.78, 5) is 0. The molecule has 0 spiro atoms. The molecule has 1 rings (SSSR count). The highest BCUT2D eigenvalue weighted by Gasteiger charge is 2.14. The van der Waals surface area contributed by atoms with Crippen molar-refractivity contribution in [1.29, 1.82) is 0 Å². The Hall–Kier alpha value is -1.02. The number of benzene rings is 1. The molecule has 1 aromatic carbocycles. The summed E-state index contributed by atoms with van der Waals surface area (Å²) < 4.78 is 5.35. The van der Waals surface area contributed by atoms with Gasteiger partial charge in [-0.15, -0.1) is 0 Å². The van der Waals surface area contributed by atoms with Gasteiger partial charge >= 0.3 is 0 Å². The van der Waals surface area contributed by atoms with Crippen LogP contribution in [0.2, 0.25) is 0 Å². The van der Waals surface area contributed by atoms with Crippen LogP contribution in [0.4, 0.5) is 0 Å². The number of ether oxygens (including phenoxy) is 1. The molecule has 0 aliphatic carbocycles. The van der Waals surface area contributed by atoms with Crippen LogP contribution in [-0.2, 0) is 0 Å². The predicted molar refractivity (Wildman–Crippen MR) is 62.0 cm³/mol. The minimum Gasteiger partial charge on any atom is -0.494 e. The Bertz CT molecular complexity index is 279. The summed E-state index contributed by atoms with van der Waals surface area (Å²) >= 11 is 0. The second-order valence-electron chi connectivity index (χ2n) is 3.83. The second kappa shape index (κ2) is 5.76. The van der Waals surface area contributed by atoms with Gasteiger partial charge in [-0.05, 0) is 30.5 Å². The SMILES string of the molecule is CCOc1ccc(C(O)C(C)CC)cc1. The maximum atomic E-state index is 9.97. The van der Waals surface area contributed by atoms with Crippen molar-refractivity contribution in [1.82, 2.24) is 0 Å². The van der Waals surface area contributed by atoms with E-state index < -0.39 is 0 Å². The van der Waals surface area contributed by atoms with Gasteiger partial charge in [0.2, 0.25) is 0 Å². The number of hydrogen-bond acceptors (Lipinski definition) is 2. The quantitative estimate of drug-likeness (QED) is 0.805. The zero-order chi connectivity index (χ0) is 11.3. The first-order chi connectivity index (χ1) is 7.19. The van der Waals surface area contributed by atoms with Gasteiger partial charge in [0.15, 0.2) is 0 Å². The highest BCUT2D eigenvalue weighted by atomic mass is 16.5. The topological polar surface area (TPSA) is 29.5 Å². The fraction of sp³-hybridized carbons (Fsp3) is 0.538. The number of rotatable bonds is 5. The third-order valence-electron chi connectivity index (χ3n) is 2.72. The molecule has 0 aliphatic rings. The van der Waals surface area contributed by atoms with Crippen LogP contribution in [-0.4, -0.2) is 11.7 Å². The maximum absolute atomic E-state index is 9.97. The summed E-state index contributed by atoms with van der Waals surface area (Å²) in [5.41, 5.74) is 0.966. The molecule has 0 radical (unpaired) electrons. The Kier molecular flexibility index (Phi) is 4.63. The van der Waals surface area contributed by atoms with Gasteiger partial charge in [-0.25, -0.2) is 0 Å². The average molecular weight is 208 g/mol. The van der Waals surface area contributed by atoms with Crippen molar-refractivity contribution in [3.05, 3.63) is 29.8 Å². The van der Waals surface area contributed by atoms with Crippen LogP contribution in [0.3, 0.4) is 0 Å². The molecule has 15 heavy (non-hydrogen) atoms. The molecule has 0 heterocycles. The van der Waals surface area contributed by atoms with E-state index in [-0.39, 0.29) is 6.10 Å². The van der Waals surface area contributed by atoms with Gasteiger partial charge in [-0.2, -0.15) is 0 Å². The van der Waals surface area contributed by atoms with Crippen molar-refractivity contribution < 1.29 is 9.84 Å². The highest BCUT2D eigenvalue weighted by molar-refractivity contribution is 5.28. The van der Waals surface area contributed by atoms with Gasteiger partial charge in [-0.3, -0.25) is 0 Å². The van der Waals surface area contributed by atoms with Gasteiger partial charge in [-0.1, -0.05) is 32.4 Å². The summed E-state index contributed by atoms with van der Waals surface area (Å²) in [6, 6.07) is 7.68. The third-order valence-corrected chi connectivity index (χ3v) is 2.72. The Balaban J connectivity index is 2.70. The summed E-state index contributed by atoms with van der Waals surface area (Å²) in [6.45, 7) is 6.78. The first-order valence-corrected chi connectivity index (χ1v) is 5.59. The molecule has 0 saturated carbocycles. The number of hydrogen-bond donors (Lipinski definition) is 1. The molecule has 0 bridgehead atoms. The summed E-state index contributed by atoms with van der Waals surface area (Å²) in [6.07, 6.45) is 0.611. The van der Waals surface area contributed by atoms with Crippen molar-refractivity contribution in [2.45, 2.75) is 33.3 Å². The molecule has 2 nitrogen and oxygen atoms in total. The molecular weight excluding hydrogens is 188 g/mol. The molecule has 1 aromatic rings. The summed E-state index contributed by atoms with van der Waals surface area (Å²) in [5.74, 6) is 1.15. The molecule has 84 valence electrons. The van der Waals surface area contributed by atoms with Crippen molar-refractivity contribution in [3.63, 3.8) is 0 Å². The number of aliphatic hydroxyl groups is 1. The highest BCUT2D eigenvalue weighted by Crippen LogP contribution is 2.25. The van der Waals surface area contributed by atoms with Gasteiger partial charge in [0.1, 0.15) is 5.75 Å². The zero-order valence-electron chi connectivity index (χ0n) is 9.73. The normalized spacial score (nSPS) is 14.7. The monoisotopic (exact) mass is 208 g/mol. The van der Waals surface area contributed by atoms with Gasteiger partial charge < -0.3 is 9.84 Å². The Morgan fingerprint density at radius 2 is 1.80 bits per heavy atom. The predicted octanol–water partition coefficient (Wildman–Crippen LogP) is 3.16. The number of aliphatic hydroxyl groups excluding tert-OH is 1. The smallest absolute Gasteiger partial charge is 0.119 e. The summed E-state index contributed by atoms with van der Waals surface area (Å²) in [5, 5.41) is 9.97. The van der Waals surface area contributed by atoms with Crippen LogP contribution in [0.1, 0.15) is 38.9 Å². The van der Waals surface area contributed by atoms with E-state index in [0.717, 1.165) is 17.7 Å². The fourth-order valence-corrected chi connectivity index (χ4v) is 1.48. The average Bonchev–Trinajstić information content (AvgIpc) is 2.28. The standard InChI is InChI=1S/C13H20O2/c1-4-10(3)13(14)11-6-8-12(9-7-11)15-5-2/h6-10,13-14H,4-5H2,1-3H3. The molecule has 2 unspecified atom stereocenters. The Labute approximate surface area is 91.9 Å². The lowest BCUT2D eigenvalue weighted by Gasteiger charge is -2.17. The lowest BCUT2D eigenvalue weighted by Crippen LogP contribution is -2.07. The van der Waals surface area contributed by atoms with E-state index >= 15 is 0 Å². The molecule has 0 aromatic heterocycles. The van der Waals surface area contributed by atoms with Crippen LogP contribution < -0.4 is 4.74 Å². The molecule has 0 amide bonds. The van der Waals surface area contributed by atoms with Crippen LogP contribution in [0, 0.1) is 5.92 Å². The van der Waals surface area contributed by atoms with E-state index in [1.54, 1.807) is 0 Å². The Morgan fingerprint density at radius 3 is 2.27 bits per heavy atom. The molecule has 0 aliphatic heterocycles. The van der Waals surface area contributed by atoms with E-state index in [2.05, 4.69) is 13.8 Å². The van der Waals surface area contributed by atoms with Crippen LogP contribution in [0.5, 0.6) is 5.75 Å². The minimum atomic E-state index is -0.370. The molecule has 0 saturated heterocycles. The Morgan fingerprint density at radius 1 is 1.20 bits per heavy atom. The van der Waals surface area contributed by atoms with Crippen LogP contribution >= 0.6 is 0 Å². The third kappa shape index (κ3) is 3.24. The van der Waals surface area contributed by atoms with Gasteiger partial charge in [0.05, 0.1) is 12.7 Å². The molecule has 0 fully saturated rings. The van der Waals surface area contributed by atoms with Crippen molar-refractivity contribution in [3.8, 4) is 5.75 Å². The van der Waals surface area contributed by atoms with Crippen molar-refractivity contribution in [2.75, 3.05) is 6.61 Å². The van der Waals surface area contributed by atoms with E-state index in [4.69, 9.17) is 4.74 Å². The molecular formula is C13H20O2. The molecule has 2 atom stereocenters. The van der Waals surface area contributed by atoms with Gasteiger partial charge in [0, 0.05) is 0 Å². The summed E-state index contributed by atoms with van der Waals surface area (Å²) in [7, 11) is 0. The maximum Gasteiger partial charge on any atom is 0.119 e. The van der Waals surface area contributed by atoms with Crippen molar-refractivity contribution in [2.24, 2.45) is 5.92 Å². The van der Waals surface area contributed by atoms with Crippen LogP contribution in [0.15, 0.2) is 24.3 Å². The lowest BCUT2D eigenvalue weighted by molar-refractivity contribution is 0.115. The molecule has 1 N–H and O–H groups in total. The first-order valence-electron chi connectivity index (χ1n) is 5.59. The van der Waals surface area contributed by atoms with Gasteiger partial charge in [0.25, 0.3) is 0 Å². The van der Waals surface area contributed by atoms with Crippen LogP contribution in [0.25, 0.3) is 0 Å². The largest absolute Gasteiger partial charge is 0.494 e. The van der Waals surface area contributed by atoms with E-state index in [1.807, 2.05) is 31.2 Å². The first kappa shape index (κ1) is 12.1. The lowest BCUT2D eigenvalue weighted by atomic mass is 9.95. The van der Waals surface area contributed by atoms with E-state index in [0.29, 0.717) is 12.5 Å². The van der Waals surface area contributed by atoms with E-state index in [1.165, 1.54) is 0 Å². The minimum absolute atomic E-state index is 0.294. The zero-order valence-corrected chi connectivity index (χ0v) is 9.73. The fourth-order valence-electron chi connectivity index (χ4n) is 1.48. The van der Waals surface area contributed by atoms with Crippen molar-refractivity contribution >= 4 is 0 Å². The molecule has 2 heteroatoms. The second-order valence-corrected chi connectivity index (χ2v) is 3.83. The van der Waals surface area contributed by atoms with E-state index in [9.17, 15) is 5.11 Å².